The summed E-state index contributed by atoms with van der Waals surface area (Å²) >= 11 is 0. The van der Waals surface area contributed by atoms with Crippen LogP contribution in [0.15, 0.2) is 138 Å². The summed E-state index contributed by atoms with van der Waals surface area (Å²) in [6.07, 6.45) is 7.30. The molecule has 3 heterocycles. The first-order valence-corrected chi connectivity index (χ1v) is 19.7. The predicted octanol–water partition coefficient (Wildman–Crippen LogP) is 7.56. The molecule has 0 amide bonds. The van der Waals surface area contributed by atoms with Crippen LogP contribution >= 0.6 is 0 Å². The Balaban J connectivity index is 1.31. The molecule has 2 atom stereocenters. The smallest absolute Gasteiger partial charge is 0.319 e. The second kappa shape index (κ2) is 11.8. The van der Waals surface area contributed by atoms with Crippen molar-refractivity contribution in [3.05, 3.63) is 150 Å². The van der Waals surface area contributed by atoms with Crippen LogP contribution in [0.4, 0.5) is 0 Å². The molecule has 47 heavy (non-hydrogen) atoms. The van der Waals surface area contributed by atoms with E-state index in [4.69, 9.17) is 4.43 Å². The molecular weight excluding hydrogens is 617 g/mol. The Kier molecular flexibility index (Phi) is 7.90. The molecule has 0 radical (unpaired) electrons. The van der Waals surface area contributed by atoms with Gasteiger partial charge in [-0.25, -0.2) is 8.42 Å². The number of fused-ring (bicyclic) bond motifs is 6. The molecule has 7 rings (SSSR count). The lowest BCUT2D eigenvalue weighted by atomic mass is 9.85. The largest absolute Gasteiger partial charge is 0.540 e. The molecule has 0 unspecified atom stereocenters. The molecule has 2 aliphatic heterocycles. The van der Waals surface area contributed by atoms with Crippen LogP contribution in [0, 0.1) is 6.92 Å². The Labute approximate surface area is 280 Å². The average molecular weight is 659 g/mol. The molecule has 1 aromatic heterocycles. The first-order chi connectivity index (χ1) is 22.5. The van der Waals surface area contributed by atoms with Gasteiger partial charge in [0.1, 0.15) is 0 Å². The number of nitrogens with zero attached hydrogens (tertiary/aromatic N) is 2. The van der Waals surface area contributed by atoms with Gasteiger partial charge in [-0.05, 0) is 70.6 Å². The Hall–Kier alpha value is -4.17. The molecule has 4 aromatic carbocycles. The van der Waals surface area contributed by atoms with Gasteiger partial charge in [0.15, 0.2) is 0 Å². The molecule has 0 saturated carbocycles. The van der Waals surface area contributed by atoms with Crippen molar-refractivity contribution in [1.29, 1.82) is 0 Å². The van der Waals surface area contributed by atoms with Crippen LogP contribution in [-0.2, 0) is 27.9 Å². The number of hydrogen-bond acceptors (Lipinski definition) is 3. The third-order valence-electron chi connectivity index (χ3n) is 10.00. The summed E-state index contributed by atoms with van der Waals surface area (Å²) in [4.78, 5) is 0.336. The topological polar surface area (TPSA) is 51.5 Å². The number of sulfonamides is 1. The van der Waals surface area contributed by atoms with Crippen LogP contribution in [0.3, 0.4) is 0 Å². The predicted molar refractivity (Wildman–Crippen MR) is 194 cm³/mol. The van der Waals surface area contributed by atoms with Crippen LogP contribution < -0.4 is 10.4 Å². The maximum atomic E-state index is 14.4. The Bertz CT molecular complexity index is 2050. The van der Waals surface area contributed by atoms with E-state index < -0.39 is 18.3 Å². The van der Waals surface area contributed by atoms with Crippen molar-refractivity contribution in [2.75, 3.05) is 0 Å². The lowest BCUT2D eigenvalue weighted by Crippen LogP contribution is -2.65. The van der Waals surface area contributed by atoms with Gasteiger partial charge in [-0.1, -0.05) is 123 Å². The average Bonchev–Trinajstić information content (AvgIpc) is 3.34. The minimum atomic E-state index is -3.77. The van der Waals surface area contributed by atoms with Crippen LogP contribution in [0.2, 0.25) is 5.04 Å². The number of aromatic nitrogens is 1. The fourth-order valence-electron chi connectivity index (χ4n) is 7.85. The fraction of sp³-hybridized carbons (Fsp3) is 0.250. The van der Waals surface area contributed by atoms with Gasteiger partial charge >= 0.3 is 8.32 Å². The molecule has 0 N–H and O–H groups in total. The van der Waals surface area contributed by atoms with E-state index in [0.29, 0.717) is 17.7 Å². The summed E-state index contributed by atoms with van der Waals surface area (Å²) in [5.74, 6) is 0. The second-order valence-corrected chi connectivity index (χ2v) is 20.0. The van der Waals surface area contributed by atoms with Crippen molar-refractivity contribution in [3.63, 3.8) is 0 Å². The van der Waals surface area contributed by atoms with Gasteiger partial charge < -0.3 is 8.99 Å². The summed E-state index contributed by atoms with van der Waals surface area (Å²) < 4.78 is 39.8. The monoisotopic (exact) mass is 658 g/mol. The van der Waals surface area contributed by atoms with E-state index in [0.717, 1.165) is 22.3 Å². The molecule has 240 valence electrons. The molecule has 0 aliphatic carbocycles. The second-order valence-electron chi connectivity index (χ2n) is 13.9. The third-order valence-corrected chi connectivity index (χ3v) is 16.8. The van der Waals surface area contributed by atoms with Crippen molar-refractivity contribution in [1.82, 2.24) is 8.87 Å². The molecule has 0 fully saturated rings. The van der Waals surface area contributed by atoms with E-state index in [9.17, 15) is 8.42 Å². The molecule has 2 bridgehead atoms. The number of benzene rings is 4. The molecular formula is C40H42N2O3SSi. The van der Waals surface area contributed by atoms with Gasteiger partial charge in [0, 0.05) is 29.7 Å². The summed E-state index contributed by atoms with van der Waals surface area (Å²) in [7, 11) is -4.47. The number of aryl methyl sites for hydroxylation is 2. The molecule has 5 nitrogen and oxygen atoms in total. The highest BCUT2D eigenvalue weighted by molar-refractivity contribution is 7.89. The van der Waals surface area contributed by atoms with Gasteiger partial charge in [0.05, 0.1) is 17.2 Å². The fourth-order valence-corrected chi connectivity index (χ4v) is 13.9. The Morgan fingerprint density at radius 2 is 1.40 bits per heavy atom. The van der Waals surface area contributed by atoms with Gasteiger partial charge in [0.25, 0.3) is 0 Å². The summed E-state index contributed by atoms with van der Waals surface area (Å²) in [6.45, 7) is 8.79. The van der Waals surface area contributed by atoms with E-state index in [1.807, 2.05) is 25.3 Å². The number of rotatable bonds is 7. The van der Waals surface area contributed by atoms with Gasteiger partial charge in [0.2, 0.25) is 10.0 Å². The van der Waals surface area contributed by atoms with Gasteiger partial charge in [-0.15, -0.1) is 0 Å². The van der Waals surface area contributed by atoms with Crippen LogP contribution in [-0.4, -0.2) is 31.6 Å². The Morgan fingerprint density at radius 3 is 2.02 bits per heavy atom. The van der Waals surface area contributed by atoms with Crippen molar-refractivity contribution < 1.29 is 12.8 Å². The lowest BCUT2D eigenvalue weighted by molar-refractivity contribution is 0.238. The molecule has 7 heteroatoms. The molecule has 2 aliphatic rings. The first kappa shape index (κ1) is 31.4. The summed E-state index contributed by atoms with van der Waals surface area (Å²) in [6, 6.07) is 36.2. The first-order valence-electron chi connectivity index (χ1n) is 16.3. The zero-order valence-corrected chi connectivity index (χ0v) is 29.5. The summed E-state index contributed by atoms with van der Waals surface area (Å²) in [5.41, 5.74) is 5.57. The number of para-hydroxylation sites is 1. The standard InChI is InChI=1S/C40H42N2O3SSi/c1-29-20-22-32(23-21-29)46(43,44)42-31-26-30(27-38(42)39-36(28-31)35-18-12-13-19-37(35)41(39)5)24-25-45-47(40(2,3)4,33-14-8-6-9-15-33)34-16-10-7-11-17-34/h6-26,31,38H,27-28H2,1-5H3/b25-24+/t31-,38+/m1/s1. The van der Waals surface area contributed by atoms with E-state index in [1.165, 1.54) is 21.3 Å². The van der Waals surface area contributed by atoms with Crippen molar-refractivity contribution in [3.8, 4) is 0 Å². The van der Waals surface area contributed by atoms with E-state index in [2.05, 4.69) is 129 Å². The van der Waals surface area contributed by atoms with Gasteiger partial charge in [-0.3, -0.25) is 0 Å². The molecule has 0 saturated heterocycles. The maximum absolute atomic E-state index is 14.4. The van der Waals surface area contributed by atoms with E-state index >= 15 is 0 Å². The number of hydrogen-bond donors (Lipinski definition) is 0. The van der Waals surface area contributed by atoms with Crippen LogP contribution in [0.1, 0.15) is 50.1 Å². The lowest BCUT2D eigenvalue weighted by Gasteiger charge is -2.44. The van der Waals surface area contributed by atoms with Crippen LogP contribution in [0.5, 0.6) is 0 Å². The van der Waals surface area contributed by atoms with Gasteiger partial charge in [-0.2, -0.15) is 4.31 Å². The zero-order valence-electron chi connectivity index (χ0n) is 27.7. The minimum absolute atomic E-state index is 0.158. The molecule has 5 aromatic rings. The quantitative estimate of drug-likeness (QED) is 0.134. The Morgan fingerprint density at radius 1 is 0.809 bits per heavy atom. The maximum Gasteiger partial charge on any atom is 0.319 e. The van der Waals surface area contributed by atoms with E-state index in [1.54, 1.807) is 16.4 Å². The van der Waals surface area contributed by atoms with Crippen molar-refractivity contribution in [2.24, 2.45) is 7.05 Å². The normalized spacial score (nSPS) is 18.7. The van der Waals surface area contributed by atoms with Crippen molar-refractivity contribution in [2.45, 2.75) is 62.6 Å². The zero-order chi connectivity index (χ0) is 33.0. The van der Waals surface area contributed by atoms with E-state index in [-0.39, 0.29) is 17.1 Å². The van der Waals surface area contributed by atoms with Crippen LogP contribution in [0.25, 0.3) is 10.9 Å². The highest BCUT2D eigenvalue weighted by atomic mass is 32.2. The number of allylic oxidation sites excluding steroid dienone is 1. The highest BCUT2D eigenvalue weighted by Crippen LogP contribution is 2.47. The highest BCUT2D eigenvalue weighted by Gasteiger charge is 2.51. The molecule has 0 spiro atoms. The van der Waals surface area contributed by atoms with Crippen molar-refractivity contribution >= 4 is 39.6 Å². The minimum Gasteiger partial charge on any atom is -0.540 e. The summed E-state index contributed by atoms with van der Waals surface area (Å²) in [5, 5.41) is 3.48. The SMILES string of the molecule is Cc1ccc(S(=O)(=O)N2[C@@H]3C=C(/C=C/O[Si](c4ccccc4)(c4ccccc4)C(C)(C)C)C[C@H]2c2c(c4ccccc4n2C)C3)cc1. The third kappa shape index (κ3) is 5.21.